The van der Waals surface area contributed by atoms with E-state index in [1.807, 2.05) is 61.5 Å². The third-order valence-electron chi connectivity index (χ3n) is 2.99. The van der Waals surface area contributed by atoms with Gasteiger partial charge in [-0.05, 0) is 29.7 Å². The van der Waals surface area contributed by atoms with Crippen LogP contribution in [0.25, 0.3) is 12.2 Å². The predicted octanol–water partition coefficient (Wildman–Crippen LogP) is 3.91. The first-order chi connectivity index (χ1) is 9.26. The summed E-state index contributed by atoms with van der Waals surface area (Å²) in [7, 11) is 0. The lowest BCUT2D eigenvalue weighted by Crippen LogP contribution is -1.91. The molecule has 0 bridgehead atoms. The second-order valence-electron chi connectivity index (χ2n) is 4.17. The zero-order valence-corrected chi connectivity index (χ0v) is 10.6. The SMILES string of the molecule is Cc1c(/C=C/c2ccccc2)ccc(C#N)c1C#N. The van der Waals surface area contributed by atoms with Gasteiger partial charge in [-0.15, -0.1) is 0 Å². The van der Waals surface area contributed by atoms with Crippen LogP contribution in [0.1, 0.15) is 27.8 Å². The van der Waals surface area contributed by atoms with E-state index < -0.39 is 0 Å². The molecule has 0 aliphatic rings. The standard InChI is InChI=1S/C17H12N2/c1-13-15(8-7-14-5-3-2-4-6-14)9-10-16(11-18)17(13)12-19/h2-10H,1H3/b8-7+. The summed E-state index contributed by atoms with van der Waals surface area (Å²) < 4.78 is 0. The summed E-state index contributed by atoms with van der Waals surface area (Å²) >= 11 is 0. The Kier molecular flexibility index (Phi) is 3.76. The highest BCUT2D eigenvalue weighted by molar-refractivity contribution is 5.73. The van der Waals surface area contributed by atoms with Crippen LogP contribution in [0.4, 0.5) is 0 Å². The van der Waals surface area contributed by atoms with Gasteiger partial charge in [-0.1, -0.05) is 48.6 Å². The van der Waals surface area contributed by atoms with Gasteiger partial charge in [-0.3, -0.25) is 0 Å². The van der Waals surface area contributed by atoms with E-state index in [9.17, 15) is 0 Å². The molecule has 0 radical (unpaired) electrons. The molecule has 2 rings (SSSR count). The highest BCUT2D eigenvalue weighted by atomic mass is 14.3. The van der Waals surface area contributed by atoms with E-state index in [2.05, 4.69) is 6.07 Å². The normalized spacial score (nSPS) is 10.1. The van der Waals surface area contributed by atoms with Crippen molar-refractivity contribution >= 4 is 12.2 Å². The molecule has 0 aromatic heterocycles. The molecule has 0 aliphatic carbocycles. The third-order valence-corrected chi connectivity index (χ3v) is 2.99. The number of nitriles is 2. The molecule has 0 aliphatic heterocycles. The average Bonchev–Trinajstić information content (AvgIpc) is 2.46. The van der Waals surface area contributed by atoms with Gasteiger partial charge < -0.3 is 0 Å². The molecule has 2 heteroatoms. The minimum atomic E-state index is 0.428. The molecule has 2 aromatic carbocycles. The number of rotatable bonds is 2. The Morgan fingerprint density at radius 2 is 1.63 bits per heavy atom. The van der Waals surface area contributed by atoms with Crippen molar-refractivity contribution in [3.63, 3.8) is 0 Å². The first-order valence-corrected chi connectivity index (χ1v) is 5.93. The minimum Gasteiger partial charge on any atom is -0.192 e. The lowest BCUT2D eigenvalue weighted by Gasteiger charge is -2.04. The Balaban J connectivity index is 2.41. The van der Waals surface area contributed by atoms with Gasteiger partial charge in [-0.2, -0.15) is 10.5 Å². The van der Waals surface area contributed by atoms with E-state index >= 15 is 0 Å². The Morgan fingerprint density at radius 1 is 0.895 bits per heavy atom. The molecule has 0 heterocycles. The maximum Gasteiger partial charge on any atom is 0.101 e. The molecular weight excluding hydrogens is 232 g/mol. The second-order valence-corrected chi connectivity index (χ2v) is 4.17. The summed E-state index contributed by atoms with van der Waals surface area (Å²) in [6, 6.07) is 17.7. The summed E-state index contributed by atoms with van der Waals surface area (Å²) in [5, 5.41) is 18.1. The van der Waals surface area contributed by atoms with E-state index in [1.165, 1.54) is 0 Å². The number of benzene rings is 2. The van der Waals surface area contributed by atoms with Gasteiger partial charge in [0.05, 0.1) is 11.1 Å². The number of nitrogens with zero attached hydrogens (tertiary/aromatic N) is 2. The molecule has 0 saturated carbocycles. The Bertz CT molecular complexity index is 699. The van der Waals surface area contributed by atoms with Crippen molar-refractivity contribution < 1.29 is 0 Å². The molecule has 0 fully saturated rings. The van der Waals surface area contributed by atoms with Crippen LogP contribution in [0.5, 0.6) is 0 Å². The molecule has 0 atom stereocenters. The second kappa shape index (κ2) is 5.67. The van der Waals surface area contributed by atoms with Gasteiger partial charge in [0.25, 0.3) is 0 Å². The summed E-state index contributed by atoms with van der Waals surface area (Å²) in [5.41, 5.74) is 3.78. The van der Waals surface area contributed by atoms with Crippen molar-refractivity contribution in [2.75, 3.05) is 0 Å². The zero-order valence-electron chi connectivity index (χ0n) is 10.6. The minimum absolute atomic E-state index is 0.428. The van der Waals surface area contributed by atoms with Crippen molar-refractivity contribution in [3.8, 4) is 12.1 Å². The molecule has 0 N–H and O–H groups in total. The van der Waals surface area contributed by atoms with Crippen molar-refractivity contribution in [1.82, 2.24) is 0 Å². The summed E-state index contributed by atoms with van der Waals surface area (Å²) in [4.78, 5) is 0. The van der Waals surface area contributed by atoms with Gasteiger partial charge in [0, 0.05) is 0 Å². The summed E-state index contributed by atoms with van der Waals surface area (Å²) in [5.74, 6) is 0. The smallest absolute Gasteiger partial charge is 0.101 e. The van der Waals surface area contributed by atoms with Crippen LogP contribution in [0.3, 0.4) is 0 Å². The molecule has 19 heavy (non-hydrogen) atoms. The van der Waals surface area contributed by atoms with E-state index in [1.54, 1.807) is 6.07 Å². The predicted molar refractivity (Wildman–Crippen MR) is 76.0 cm³/mol. The van der Waals surface area contributed by atoms with Crippen molar-refractivity contribution in [1.29, 1.82) is 10.5 Å². The zero-order chi connectivity index (χ0) is 13.7. The van der Waals surface area contributed by atoms with Gasteiger partial charge >= 0.3 is 0 Å². The fourth-order valence-corrected chi connectivity index (χ4v) is 1.90. The Hall–Kier alpha value is -2.84. The molecule has 2 nitrogen and oxygen atoms in total. The quantitative estimate of drug-likeness (QED) is 0.752. The van der Waals surface area contributed by atoms with Crippen LogP contribution in [-0.4, -0.2) is 0 Å². The van der Waals surface area contributed by atoms with Crippen molar-refractivity contribution in [2.24, 2.45) is 0 Å². The molecular formula is C17H12N2. The van der Waals surface area contributed by atoms with Crippen LogP contribution in [0, 0.1) is 29.6 Å². The lowest BCUT2D eigenvalue weighted by molar-refractivity contribution is 1.34. The van der Waals surface area contributed by atoms with Crippen LogP contribution in [0.2, 0.25) is 0 Å². The molecule has 0 spiro atoms. The molecule has 0 amide bonds. The maximum atomic E-state index is 9.11. The fourth-order valence-electron chi connectivity index (χ4n) is 1.90. The first kappa shape index (κ1) is 12.6. The third kappa shape index (κ3) is 2.70. The maximum absolute atomic E-state index is 9.11. The van der Waals surface area contributed by atoms with Gasteiger partial charge in [0.1, 0.15) is 12.1 Å². The van der Waals surface area contributed by atoms with E-state index in [0.717, 1.165) is 16.7 Å². The van der Waals surface area contributed by atoms with E-state index in [-0.39, 0.29) is 0 Å². The lowest BCUT2D eigenvalue weighted by atomic mass is 9.97. The van der Waals surface area contributed by atoms with Crippen LogP contribution >= 0.6 is 0 Å². The van der Waals surface area contributed by atoms with Crippen molar-refractivity contribution in [3.05, 3.63) is 70.3 Å². The van der Waals surface area contributed by atoms with Crippen LogP contribution in [0.15, 0.2) is 42.5 Å². The molecule has 0 saturated heterocycles. The van der Waals surface area contributed by atoms with Gasteiger partial charge in [0.2, 0.25) is 0 Å². The topological polar surface area (TPSA) is 47.6 Å². The molecule has 0 unspecified atom stereocenters. The molecule has 2 aromatic rings. The highest BCUT2D eigenvalue weighted by Crippen LogP contribution is 2.19. The summed E-state index contributed by atoms with van der Waals surface area (Å²) in [6.45, 7) is 1.87. The number of hydrogen-bond acceptors (Lipinski definition) is 2. The fraction of sp³-hybridized carbons (Fsp3) is 0.0588. The number of hydrogen-bond donors (Lipinski definition) is 0. The van der Waals surface area contributed by atoms with E-state index in [0.29, 0.717) is 11.1 Å². The largest absolute Gasteiger partial charge is 0.192 e. The average molecular weight is 244 g/mol. The Labute approximate surface area is 112 Å². The van der Waals surface area contributed by atoms with Crippen molar-refractivity contribution in [2.45, 2.75) is 6.92 Å². The van der Waals surface area contributed by atoms with Gasteiger partial charge in [-0.25, -0.2) is 0 Å². The van der Waals surface area contributed by atoms with Crippen LogP contribution < -0.4 is 0 Å². The highest BCUT2D eigenvalue weighted by Gasteiger charge is 2.07. The summed E-state index contributed by atoms with van der Waals surface area (Å²) in [6.07, 6.45) is 3.96. The van der Waals surface area contributed by atoms with E-state index in [4.69, 9.17) is 10.5 Å². The van der Waals surface area contributed by atoms with Gasteiger partial charge in [0.15, 0.2) is 0 Å². The first-order valence-electron chi connectivity index (χ1n) is 5.93. The Morgan fingerprint density at radius 3 is 2.26 bits per heavy atom. The molecule has 90 valence electrons. The van der Waals surface area contributed by atoms with Crippen LogP contribution in [-0.2, 0) is 0 Å². The monoisotopic (exact) mass is 244 g/mol.